The number of halogens is 1. The Labute approximate surface area is 161 Å². The van der Waals surface area contributed by atoms with Crippen LogP contribution in [-0.2, 0) is 13.1 Å². The molecule has 134 valence electrons. The van der Waals surface area contributed by atoms with Crippen LogP contribution in [0.25, 0.3) is 0 Å². The number of benzene rings is 2. The van der Waals surface area contributed by atoms with E-state index in [2.05, 4.69) is 15.6 Å². The Hall–Kier alpha value is -2.57. The summed E-state index contributed by atoms with van der Waals surface area (Å²) in [5.74, 6) is 0.611. The summed E-state index contributed by atoms with van der Waals surface area (Å²) in [6, 6.07) is 15.2. The molecule has 0 unspecified atom stereocenters. The number of rotatable bonds is 7. The lowest BCUT2D eigenvalue weighted by Gasteiger charge is -2.05. The number of amides is 1. The fraction of sp³-hybridized carbons (Fsp3) is 0.158. The van der Waals surface area contributed by atoms with Crippen molar-refractivity contribution in [2.45, 2.75) is 13.1 Å². The fourth-order valence-electron chi connectivity index (χ4n) is 2.30. The number of methoxy groups -OCH3 is 1. The first kappa shape index (κ1) is 18.2. The Bertz CT molecular complexity index is 881. The second-order valence-corrected chi connectivity index (χ2v) is 6.85. The van der Waals surface area contributed by atoms with Crippen molar-refractivity contribution in [2.24, 2.45) is 0 Å². The average molecular weight is 388 g/mol. The van der Waals surface area contributed by atoms with E-state index in [0.29, 0.717) is 28.9 Å². The van der Waals surface area contributed by atoms with Crippen LogP contribution in [0.4, 0.5) is 5.13 Å². The SMILES string of the molecule is COc1ccc(CNc2nc(C(=O)NCc3cccc(Cl)c3)cs2)cc1. The summed E-state index contributed by atoms with van der Waals surface area (Å²) in [7, 11) is 1.64. The van der Waals surface area contributed by atoms with Gasteiger partial charge in [0.25, 0.3) is 5.91 Å². The van der Waals surface area contributed by atoms with E-state index in [-0.39, 0.29) is 5.91 Å². The van der Waals surface area contributed by atoms with Crippen LogP contribution in [0.1, 0.15) is 21.6 Å². The molecule has 0 spiro atoms. The molecule has 0 radical (unpaired) electrons. The maximum atomic E-state index is 12.2. The van der Waals surface area contributed by atoms with Gasteiger partial charge in [0.1, 0.15) is 11.4 Å². The van der Waals surface area contributed by atoms with E-state index in [1.165, 1.54) is 11.3 Å². The van der Waals surface area contributed by atoms with Crippen LogP contribution in [-0.4, -0.2) is 18.0 Å². The molecule has 2 aromatic carbocycles. The van der Waals surface area contributed by atoms with Gasteiger partial charge in [0, 0.05) is 23.5 Å². The van der Waals surface area contributed by atoms with Crippen molar-refractivity contribution >= 4 is 34.0 Å². The summed E-state index contributed by atoms with van der Waals surface area (Å²) in [5, 5.41) is 9.16. The summed E-state index contributed by atoms with van der Waals surface area (Å²) in [6.07, 6.45) is 0. The molecular formula is C19H18ClN3O2S. The topological polar surface area (TPSA) is 63.2 Å². The van der Waals surface area contributed by atoms with Crippen molar-refractivity contribution in [3.8, 4) is 5.75 Å². The molecule has 7 heteroatoms. The van der Waals surface area contributed by atoms with Gasteiger partial charge in [-0.1, -0.05) is 35.9 Å². The third-order valence-corrected chi connectivity index (χ3v) is 4.72. The Kier molecular flexibility index (Phi) is 6.09. The molecule has 1 aromatic heterocycles. The second kappa shape index (κ2) is 8.69. The molecule has 0 aliphatic carbocycles. The highest BCUT2D eigenvalue weighted by Gasteiger charge is 2.10. The number of hydrogen-bond donors (Lipinski definition) is 2. The van der Waals surface area contributed by atoms with Crippen molar-refractivity contribution < 1.29 is 9.53 Å². The molecule has 0 saturated heterocycles. The van der Waals surface area contributed by atoms with Crippen LogP contribution >= 0.6 is 22.9 Å². The number of anilines is 1. The number of nitrogens with zero attached hydrogens (tertiary/aromatic N) is 1. The quantitative estimate of drug-likeness (QED) is 0.632. The Morgan fingerprint density at radius 2 is 1.96 bits per heavy atom. The van der Waals surface area contributed by atoms with Crippen molar-refractivity contribution in [1.82, 2.24) is 10.3 Å². The van der Waals surface area contributed by atoms with Crippen LogP contribution in [0, 0.1) is 0 Å². The number of carbonyl (C=O) groups excluding carboxylic acids is 1. The number of carbonyl (C=O) groups is 1. The van der Waals surface area contributed by atoms with E-state index in [9.17, 15) is 4.79 Å². The number of aromatic nitrogens is 1. The van der Waals surface area contributed by atoms with Crippen LogP contribution in [0.2, 0.25) is 5.02 Å². The zero-order valence-corrected chi connectivity index (χ0v) is 15.7. The van der Waals surface area contributed by atoms with Crippen LogP contribution in [0.5, 0.6) is 5.75 Å². The van der Waals surface area contributed by atoms with Crippen molar-refractivity contribution in [1.29, 1.82) is 0 Å². The number of nitrogens with one attached hydrogen (secondary N) is 2. The standard InChI is InChI=1S/C19H18ClN3O2S/c1-25-16-7-5-13(6-8-16)10-22-19-23-17(12-26-19)18(24)21-11-14-3-2-4-15(20)9-14/h2-9,12H,10-11H2,1H3,(H,21,24)(H,22,23). The molecule has 3 aromatic rings. The van der Waals surface area contributed by atoms with Gasteiger partial charge in [-0.05, 0) is 35.4 Å². The van der Waals surface area contributed by atoms with E-state index in [1.807, 2.05) is 42.5 Å². The molecule has 0 bridgehead atoms. The van der Waals surface area contributed by atoms with Gasteiger partial charge in [-0.25, -0.2) is 4.98 Å². The molecule has 1 amide bonds. The van der Waals surface area contributed by atoms with Gasteiger partial charge in [-0.3, -0.25) is 4.79 Å². The van der Waals surface area contributed by atoms with Crippen LogP contribution < -0.4 is 15.4 Å². The summed E-state index contributed by atoms with van der Waals surface area (Å²) in [5.41, 5.74) is 2.45. The first-order valence-electron chi connectivity index (χ1n) is 7.99. The first-order valence-corrected chi connectivity index (χ1v) is 9.25. The predicted octanol–water partition coefficient (Wildman–Crippen LogP) is 4.35. The highest BCUT2D eigenvalue weighted by atomic mass is 35.5. The van der Waals surface area contributed by atoms with Gasteiger partial charge >= 0.3 is 0 Å². The van der Waals surface area contributed by atoms with E-state index in [1.54, 1.807) is 18.6 Å². The summed E-state index contributed by atoms with van der Waals surface area (Å²) >= 11 is 7.34. The summed E-state index contributed by atoms with van der Waals surface area (Å²) in [6.45, 7) is 1.03. The maximum Gasteiger partial charge on any atom is 0.271 e. The second-order valence-electron chi connectivity index (χ2n) is 5.55. The monoisotopic (exact) mass is 387 g/mol. The Morgan fingerprint density at radius 1 is 1.15 bits per heavy atom. The normalized spacial score (nSPS) is 10.4. The first-order chi connectivity index (χ1) is 12.6. The van der Waals surface area contributed by atoms with E-state index in [4.69, 9.17) is 16.3 Å². The largest absolute Gasteiger partial charge is 0.497 e. The molecule has 5 nitrogen and oxygen atoms in total. The highest BCUT2D eigenvalue weighted by molar-refractivity contribution is 7.13. The average Bonchev–Trinajstić information content (AvgIpc) is 3.14. The zero-order chi connectivity index (χ0) is 18.4. The lowest BCUT2D eigenvalue weighted by molar-refractivity contribution is 0.0946. The molecule has 0 aliphatic rings. The molecule has 0 fully saturated rings. The van der Waals surface area contributed by atoms with Gasteiger partial charge in [-0.2, -0.15) is 0 Å². The van der Waals surface area contributed by atoms with Gasteiger partial charge in [-0.15, -0.1) is 11.3 Å². The van der Waals surface area contributed by atoms with Gasteiger partial charge < -0.3 is 15.4 Å². The highest BCUT2D eigenvalue weighted by Crippen LogP contribution is 2.18. The lowest BCUT2D eigenvalue weighted by atomic mass is 10.2. The summed E-state index contributed by atoms with van der Waals surface area (Å²) in [4.78, 5) is 16.6. The molecule has 2 N–H and O–H groups in total. The number of ether oxygens (including phenoxy) is 1. The minimum absolute atomic E-state index is 0.210. The van der Waals surface area contributed by atoms with Crippen LogP contribution in [0.15, 0.2) is 53.9 Å². The van der Waals surface area contributed by atoms with E-state index >= 15 is 0 Å². The van der Waals surface area contributed by atoms with Gasteiger partial charge in [0.05, 0.1) is 7.11 Å². The minimum atomic E-state index is -0.210. The molecule has 3 rings (SSSR count). The smallest absolute Gasteiger partial charge is 0.271 e. The predicted molar refractivity (Wildman–Crippen MR) is 105 cm³/mol. The fourth-order valence-corrected chi connectivity index (χ4v) is 3.20. The van der Waals surface area contributed by atoms with Crippen molar-refractivity contribution in [3.63, 3.8) is 0 Å². The molecule has 0 atom stereocenters. The van der Waals surface area contributed by atoms with Crippen molar-refractivity contribution in [2.75, 3.05) is 12.4 Å². The molecular weight excluding hydrogens is 370 g/mol. The van der Waals surface area contributed by atoms with Crippen molar-refractivity contribution in [3.05, 3.63) is 75.8 Å². The van der Waals surface area contributed by atoms with Crippen LogP contribution in [0.3, 0.4) is 0 Å². The third-order valence-electron chi connectivity index (χ3n) is 3.68. The van der Waals surface area contributed by atoms with Gasteiger partial charge in [0.2, 0.25) is 0 Å². The molecule has 0 saturated carbocycles. The molecule has 26 heavy (non-hydrogen) atoms. The molecule has 1 heterocycles. The van der Waals surface area contributed by atoms with Gasteiger partial charge in [0.15, 0.2) is 5.13 Å². The van der Waals surface area contributed by atoms with E-state index < -0.39 is 0 Å². The Morgan fingerprint density at radius 3 is 2.69 bits per heavy atom. The van der Waals surface area contributed by atoms with E-state index in [0.717, 1.165) is 16.9 Å². The number of thiazole rings is 1. The summed E-state index contributed by atoms with van der Waals surface area (Å²) < 4.78 is 5.14. The molecule has 0 aliphatic heterocycles. The Balaban J connectivity index is 1.52. The lowest BCUT2D eigenvalue weighted by Crippen LogP contribution is -2.23. The minimum Gasteiger partial charge on any atom is -0.497 e. The third kappa shape index (κ3) is 4.97. The maximum absolute atomic E-state index is 12.2. The zero-order valence-electron chi connectivity index (χ0n) is 14.2. The number of hydrogen-bond acceptors (Lipinski definition) is 5.